The Morgan fingerprint density at radius 1 is 1.23 bits per heavy atom. The molecule has 4 rings (SSSR count). The topological polar surface area (TPSA) is 59.4 Å². The van der Waals surface area contributed by atoms with Crippen LogP contribution < -0.4 is 10.1 Å². The normalized spacial score (nSPS) is 15.4. The number of imidazole rings is 1. The van der Waals surface area contributed by atoms with E-state index >= 15 is 0 Å². The second kappa shape index (κ2) is 9.06. The van der Waals surface area contributed by atoms with Crippen molar-refractivity contribution in [1.82, 2.24) is 14.5 Å². The number of hydrogen-bond donors (Lipinski definition) is 1. The number of fused-ring (bicyclic) bond motifs is 1. The van der Waals surface area contributed by atoms with E-state index in [0.29, 0.717) is 28.9 Å². The Morgan fingerprint density at radius 3 is 2.77 bits per heavy atom. The van der Waals surface area contributed by atoms with E-state index in [9.17, 15) is 4.79 Å². The third kappa shape index (κ3) is 4.60. The number of nitrogens with zero attached hydrogens (tertiary/aromatic N) is 3. The lowest BCUT2D eigenvalue weighted by Crippen LogP contribution is -2.40. The molecule has 0 aliphatic carbocycles. The lowest BCUT2D eigenvalue weighted by Gasteiger charge is -2.32. The van der Waals surface area contributed by atoms with Gasteiger partial charge in [0.15, 0.2) is 0 Å². The van der Waals surface area contributed by atoms with Crippen LogP contribution in [0.4, 0.5) is 5.69 Å². The highest BCUT2D eigenvalue weighted by Crippen LogP contribution is 2.28. The highest BCUT2D eigenvalue weighted by molar-refractivity contribution is 6.31. The SMILES string of the molecule is COc1ccc(Cl)cc1NC(=O)CN1CCC(Cn2c(C)nc3ccccc32)CC1. The van der Waals surface area contributed by atoms with E-state index in [2.05, 4.69) is 44.9 Å². The summed E-state index contributed by atoms with van der Waals surface area (Å²) in [5.41, 5.74) is 2.86. The van der Waals surface area contributed by atoms with E-state index in [-0.39, 0.29) is 5.91 Å². The number of aryl methyl sites for hydroxylation is 1. The lowest BCUT2D eigenvalue weighted by molar-refractivity contribution is -0.117. The molecular formula is C23H27ClN4O2. The van der Waals surface area contributed by atoms with Crippen LogP contribution in [0.2, 0.25) is 5.02 Å². The van der Waals surface area contributed by atoms with Gasteiger partial charge in [0.05, 0.1) is 30.4 Å². The van der Waals surface area contributed by atoms with Crippen LogP contribution in [-0.4, -0.2) is 47.1 Å². The van der Waals surface area contributed by atoms with E-state index in [1.54, 1.807) is 25.3 Å². The fourth-order valence-corrected chi connectivity index (χ4v) is 4.35. The molecule has 30 heavy (non-hydrogen) atoms. The molecule has 0 unspecified atom stereocenters. The van der Waals surface area contributed by atoms with Gasteiger partial charge in [-0.25, -0.2) is 4.98 Å². The van der Waals surface area contributed by atoms with Crippen molar-refractivity contribution < 1.29 is 9.53 Å². The standard InChI is InChI=1S/C23H27ClN4O2/c1-16-25-19-5-3-4-6-21(19)28(16)14-17-9-11-27(12-10-17)15-23(29)26-20-13-18(24)7-8-22(20)30-2/h3-8,13,17H,9-12,14-15H2,1-2H3,(H,26,29). The molecule has 1 aromatic heterocycles. The van der Waals surface area contributed by atoms with Crippen molar-refractivity contribution in [3.8, 4) is 5.75 Å². The van der Waals surface area contributed by atoms with Crippen LogP contribution in [0.5, 0.6) is 5.75 Å². The Bertz CT molecular complexity index is 1040. The van der Waals surface area contributed by atoms with Crippen molar-refractivity contribution in [1.29, 1.82) is 0 Å². The minimum Gasteiger partial charge on any atom is -0.495 e. The van der Waals surface area contributed by atoms with Crippen LogP contribution in [-0.2, 0) is 11.3 Å². The number of anilines is 1. The number of ether oxygens (including phenoxy) is 1. The van der Waals surface area contributed by atoms with Crippen molar-refractivity contribution in [2.24, 2.45) is 5.92 Å². The first-order valence-corrected chi connectivity index (χ1v) is 10.7. The number of carbonyl (C=O) groups is 1. The summed E-state index contributed by atoms with van der Waals surface area (Å²) in [7, 11) is 1.58. The maximum absolute atomic E-state index is 12.5. The first-order valence-electron chi connectivity index (χ1n) is 10.3. The predicted molar refractivity (Wildman–Crippen MR) is 120 cm³/mol. The van der Waals surface area contributed by atoms with Crippen molar-refractivity contribution >= 4 is 34.2 Å². The number of halogens is 1. The number of likely N-dealkylation sites (tertiary alicyclic amines) is 1. The predicted octanol–water partition coefficient (Wildman–Crippen LogP) is 4.36. The van der Waals surface area contributed by atoms with Gasteiger partial charge in [0, 0.05) is 11.6 Å². The molecule has 3 aromatic rings. The summed E-state index contributed by atoms with van der Waals surface area (Å²) in [6.07, 6.45) is 2.14. The maximum Gasteiger partial charge on any atom is 0.238 e. The highest BCUT2D eigenvalue weighted by Gasteiger charge is 2.22. The maximum atomic E-state index is 12.5. The van der Waals surface area contributed by atoms with Crippen LogP contribution in [0.25, 0.3) is 11.0 Å². The van der Waals surface area contributed by atoms with E-state index in [4.69, 9.17) is 16.3 Å². The largest absolute Gasteiger partial charge is 0.495 e. The third-order valence-electron chi connectivity index (χ3n) is 5.80. The van der Waals surface area contributed by atoms with E-state index in [1.807, 2.05) is 6.07 Å². The molecule has 0 atom stereocenters. The second-order valence-electron chi connectivity index (χ2n) is 7.87. The van der Waals surface area contributed by atoms with Crippen LogP contribution in [0.1, 0.15) is 18.7 Å². The molecule has 0 saturated carbocycles. The zero-order chi connectivity index (χ0) is 21.1. The molecule has 1 amide bonds. The molecule has 1 aliphatic heterocycles. The average Bonchev–Trinajstić information content (AvgIpc) is 3.05. The zero-order valence-corrected chi connectivity index (χ0v) is 18.2. The van der Waals surface area contributed by atoms with Crippen molar-refractivity contribution in [3.05, 3.63) is 53.3 Å². The van der Waals surface area contributed by atoms with Gasteiger partial charge in [0.25, 0.3) is 0 Å². The van der Waals surface area contributed by atoms with Crippen molar-refractivity contribution in [2.75, 3.05) is 32.1 Å². The summed E-state index contributed by atoms with van der Waals surface area (Å²) < 4.78 is 7.63. The number of para-hydroxylation sites is 2. The van der Waals surface area contributed by atoms with Crippen LogP contribution in [0.15, 0.2) is 42.5 Å². The summed E-state index contributed by atoms with van der Waals surface area (Å²) in [4.78, 5) is 19.4. The molecule has 0 bridgehead atoms. The molecule has 0 radical (unpaired) electrons. The van der Waals surface area contributed by atoms with Gasteiger partial charge in [-0.3, -0.25) is 9.69 Å². The van der Waals surface area contributed by atoms with Crippen LogP contribution in [0, 0.1) is 12.8 Å². The Morgan fingerprint density at radius 2 is 2.00 bits per heavy atom. The van der Waals surface area contributed by atoms with Crippen LogP contribution >= 0.6 is 11.6 Å². The van der Waals surface area contributed by atoms with Gasteiger partial charge < -0.3 is 14.6 Å². The molecule has 0 spiro atoms. The molecule has 1 aliphatic rings. The Kier molecular flexibility index (Phi) is 6.25. The minimum absolute atomic E-state index is 0.0505. The molecule has 7 heteroatoms. The van der Waals surface area contributed by atoms with Gasteiger partial charge in [-0.1, -0.05) is 23.7 Å². The van der Waals surface area contributed by atoms with Gasteiger partial charge in [-0.05, 0) is 69.1 Å². The number of aromatic nitrogens is 2. The Hall–Kier alpha value is -2.57. The molecule has 2 aromatic carbocycles. The number of amides is 1. The summed E-state index contributed by atoms with van der Waals surface area (Å²) in [6, 6.07) is 13.5. The summed E-state index contributed by atoms with van der Waals surface area (Å²) in [5.74, 6) is 2.21. The van der Waals surface area contributed by atoms with E-state index in [0.717, 1.165) is 43.8 Å². The summed E-state index contributed by atoms with van der Waals surface area (Å²) >= 11 is 6.05. The fraction of sp³-hybridized carbons (Fsp3) is 0.391. The molecule has 158 valence electrons. The fourth-order valence-electron chi connectivity index (χ4n) is 4.18. The number of methoxy groups -OCH3 is 1. The van der Waals surface area contributed by atoms with Gasteiger partial charge in [0.2, 0.25) is 5.91 Å². The highest BCUT2D eigenvalue weighted by atomic mass is 35.5. The number of hydrogen-bond acceptors (Lipinski definition) is 4. The first kappa shape index (κ1) is 20.7. The number of nitrogens with one attached hydrogen (secondary N) is 1. The second-order valence-corrected chi connectivity index (χ2v) is 8.31. The first-order chi connectivity index (χ1) is 14.5. The third-order valence-corrected chi connectivity index (χ3v) is 6.03. The van der Waals surface area contributed by atoms with Gasteiger partial charge in [-0.2, -0.15) is 0 Å². The number of carbonyl (C=O) groups excluding carboxylic acids is 1. The Labute approximate surface area is 181 Å². The molecule has 1 N–H and O–H groups in total. The van der Waals surface area contributed by atoms with Gasteiger partial charge >= 0.3 is 0 Å². The summed E-state index contributed by atoms with van der Waals surface area (Å²) in [5, 5.41) is 3.49. The Balaban J connectivity index is 1.31. The smallest absolute Gasteiger partial charge is 0.238 e. The minimum atomic E-state index is -0.0505. The molecule has 1 fully saturated rings. The van der Waals surface area contributed by atoms with Gasteiger partial charge in [0.1, 0.15) is 11.6 Å². The van der Waals surface area contributed by atoms with Crippen molar-refractivity contribution in [3.63, 3.8) is 0 Å². The zero-order valence-electron chi connectivity index (χ0n) is 17.4. The average molecular weight is 427 g/mol. The lowest BCUT2D eigenvalue weighted by atomic mass is 9.96. The number of rotatable bonds is 6. The number of benzene rings is 2. The molecule has 6 nitrogen and oxygen atoms in total. The monoisotopic (exact) mass is 426 g/mol. The van der Waals surface area contributed by atoms with E-state index in [1.165, 1.54) is 5.52 Å². The molecule has 1 saturated heterocycles. The number of piperidine rings is 1. The quantitative estimate of drug-likeness (QED) is 0.636. The summed E-state index contributed by atoms with van der Waals surface area (Å²) in [6.45, 7) is 5.25. The molecule has 2 heterocycles. The van der Waals surface area contributed by atoms with Gasteiger partial charge in [-0.15, -0.1) is 0 Å². The van der Waals surface area contributed by atoms with Crippen molar-refractivity contribution in [2.45, 2.75) is 26.3 Å². The van der Waals surface area contributed by atoms with E-state index < -0.39 is 0 Å². The van der Waals surface area contributed by atoms with Crippen LogP contribution in [0.3, 0.4) is 0 Å². The molecular weight excluding hydrogens is 400 g/mol.